The van der Waals surface area contributed by atoms with E-state index in [4.69, 9.17) is 5.11 Å². The summed E-state index contributed by atoms with van der Waals surface area (Å²) in [5.41, 5.74) is 0. The van der Waals surface area contributed by atoms with E-state index in [2.05, 4.69) is 11.8 Å². The molecule has 18 heavy (non-hydrogen) atoms. The minimum absolute atomic E-state index is 0.371. The number of hydrogen-bond donors (Lipinski definition) is 1. The van der Waals surface area contributed by atoms with Gasteiger partial charge in [0.1, 0.15) is 0 Å². The number of nitrogens with zero attached hydrogens (tertiary/aromatic N) is 1. The lowest BCUT2D eigenvalue weighted by Crippen LogP contribution is -2.43. The minimum atomic E-state index is -0.628. The van der Waals surface area contributed by atoms with E-state index < -0.39 is 5.97 Å². The Morgan fingerprint density at radius 3 is 2.17 bits per heavy atom. The molecule has 0 aromatic carbocycles. The molecule has 1 N–H and O–H groups in total. The van der Waals surface area contributed by atoms with Crippen LogP contribution in [0.25, 0.3) is 0 Å². The fourth-order valence-corrected chi connectivity index (χ4v) is 3.69. The van der Waals surface area contributed by atoms with Crippen molar-refractivity contribution >= 4 is 5.97 Å². The lowest BCUT2D eigenvalue weighted by molar-refractivity contribution is -0.138. The van der Waals surface area contributed by atoms with Crippen LogP contribution < -0.4 is 0 Å². The smallest absolute Gasteiger partial charge is 0.303 e. The zero-order valence-corrected chi connectivity index (χ0v) is 11.6. The first-order chi connectivity index (χ1) is 8.69. The molecule has 0 aromatic rings. The van der Waals surface area contributed by atoms with Crippen molar-refractivity contribution in [2.24, 2.45) is 11.8 Å². The summed E-state index contributed by atoms with van der Waals surface area (Å²) in [7, 11) is 0. The highest BCUT2D eigenvalue weighted by molar-refractivity contribution is 5.67. The zero-order chi connectivity index (χ0) is 13.0. The molecule has 1 heterocycles. The maximum atomic E-state index is 10.7. The van der Waals surface area contributed by atoms with E-state index in [1.54, 1.807) is 0 Å². The number of likely N-dealkylation sites (tertiary alicyclic amines) is 1. The number of carboxylic acids is 1. The second-order valence-corrected chi connectivity index (χ2v) is 6.16. The van der Waals surface area contributed by atoms with E-state index >= 15 is 0 Å². The van der Waals surface area contributed by atoms with Crippen LogP contribution in [0.1, 0.15) is 58.3 Å². The van der Waals surface area contributed by atoms with Crippen LogP contribution in [0.2, 0.25) is 0 Å². The van der Waals surface area contributed by atoms with Crippen molar-refractivity contribution in [2.75, 3.05) is 13.1 Å². The predicted molar refractivity (Wildman–Crippen MR) is 72.6 cm³/mol. The summed E-state index contributed by atoms with van der Waals surface area (Å²) < 4.78 is 0. The zero-order valence-electron chi connectivity index (χ0n) is 11.6. The molecule has 1 saturated carbocycles. The Morgan fingerprint density at radius 1 is 1.06 bits per heavy atom. The van der Waals surface area contributed by atoms with Gasteiger partial charge in [-0.3, -0.25) is 4.79 Å². The van der Waals surface area contributed by atoms with Crippen molar-refractivity contribution < 1.29 is 9.90 Å². The number of rotatable bonds is 4. The number of aliphatic carboxylic acids is 1. The summed E-state index contributed by atoms with van der Waals surface area (Å²) in [6.07, 6.45) is 9.40. The quantitative estimate of drug-likeness (QED) is 0.836. The highest BCUT2D eigenvalue weighted by Gasteiger charge is 2.28. The summed E-state index contributed by atoms with van der Waals surface area (Å²) in [5, 5.41) is 8.82. The lowest BCUT2D eigenvalue weighted by atomic mass is 9.82. The number of carboxylic acid groups (broad SMARTS) is 1. The minimum Gasteiger partial charge on any atom is -0.481 e. The third-order valence-corrected chi connectivity index (χ3v) is 5.02. The van der Waals surface area contributed by atoms with Crippen LogP contribution in [0.5, 0.6) is 0 Å². The number of carbonyl (C=O) groups is 1. The molecule has 0 amide bonds. The lowest BCUT2D eigenvalue weighted by Gasteiger charge is -2.40. The van der Waals surface area contributed by atoms with Crippen molar-refractivity contribution in [2.45, 2.75) is 64.3 Å². The van der Waals surface area contributed by atoms with E-state index in [9.17, 15) is 4.79 Å². The van der Waals surface area contributed by atoms with Gasteiger partial charge in [-0.15, -0.1) is 0 Å². The third kappa shape index (κ3) is 3.71. The number of hydrogen-bond acceptors (Lipinski definition) is 2. The van der Waals surface area contributed by atoms with Crippen LogP contribution >= 0.6 is 0 Å². The highest BCUT2D eigenvalue weighted by Crippen LogP contribution is 2.32. The molecule has 0 radical (unpaired) electrons. The summed E-state index contributed by atoms with van der Waals surface area (Å²) in [5.74, 6) is 0.758. The van der Waals surface area contributed by atoms with Gasteiger partial charge in [-0.2, -0.15) is 0 Å². The molecule has 1 aliphatic heterocycles. The standard InChI is InChI=1S/C15H27NO2/c1-2-12-3-5-14(6-4-12)16-9-7-13(8-10-16)11-15(17)18/h12-14H,2-11H2,1H3,(H,17,18). The van der Waals surface area contributed by atoms with E-state index in [1.807, 2.05) is 0 Å². The van der Waals surface area contributed by atoms with Gasteiger partial charge in [0.05, 0.1) is 0 Å². The first-order valence-electron chi connectivity index (χ1n) is 7.65. The average molecular weight is 253 g/mol. The van der Waals surface area contributed by atoms with Gasteiger partial charge in [0, 0.05) is 12.5 Å². The molecule has 1 saturated heterocycles. The molecule has 0 spiro atoms. The van der Waals surface area contributed by atoms with Gasteiger partial charge in [0.25, 0.3) is 0 Å². The Bertz CT molecular complexity index is 264. The Morgan fingerprint density at radius 2 is 1.67 bits per heavy atom. The van der Waals surface area contributed by atoms with Crippen molar-refractivity contribution in [1.82, 2.24) is 4.90 Å². The molecule has 0 unspecified atom stereocenters. The van der Waals surface area contributed by atoms with Gasteiger partial charge in [0.15, 0.2) is 0 Å². The monoisotopic (exact) mass is 253 g/mol. The first kappa shape index (κ1) is 13.9. The Hall–Kier alpha value is -0.570. The molecule has 1 aliphatic carbocycles. The largest absolute Gasteiger partial charge is 0.481 e. The predicted octanol–water partition coefficient (Wildman–Crippen LogP) is 3.14. The Labute approximate surface area is 111 Å². The van der Waals surface area contributed by atoms with Crippen LogP contribution in [0.15, 0.2) is 0 Å². The SMILES string of the molecule is CCC1CCC(N2CCC(CC(=O)O)CC2)CC1. The molecule has 2 aliphatic rings. The van der Waals surface area contributed by atoms with E-state index in [0.29, 0.717) is 12.3 Å². The molecule has 2 rings (SSSR count). The molecule has 0 atom stereocenters. The van der Waals surface area contributed by atoms with Gasteiger partial charge in [-0.1, -0.05) is 13.3 Å². The van der Waals surface area contributed by atoms with Crippen LogP contribution in [-0.4, -0.2) is 35.1 Å². The van der Waals surface area contributed by atoms with Crippen LogP contribution in [0, 0.1) is 11.8 Å². The number of piperidine rings is 1. The van der Waals surface area contributed by atoms with Crippen LogP contribution in [-0.2, 0) is 4.79 Å². The highest BCUT2D eigenvalue weighted by atomic mass is 16.4. The van der Waals surface area contributed by atoms with Crippen molar-refractivity contribution in [3.63, 3.8) is 0 Å². The molecular formula is C15H27NO2. The molecule has 0 aromatic heterocycles. The van der Waals surface area contributed by atoms with Crippen molar-refractivity contribution in [3.05, 3.63) is 0 Å². The van der Waals surface area contributed by atoms with Gasteiger partial charge >= 0.3 is 5.97 Å². The molecule has 3 nitrogen and oxygen atoms in total. The summed E-state index contributed by atoms with van der Waals surface area (Å²) in [6.45, 7) is 4.56. The topological polar surface area (TPSA) is 40.5 Å². The van der Waals surface area contributed by atoms with Gasteiger partial charge in [-0.05, 0) is 63.5 Å². The fourth-order valence-electron chi connectivity index (χ4n) is 3.69. The van der Waals surface area contributed by atoms with Crippen molar-refractivity contribution in [1.29, 1.82) is 0 Å². The maximum absolute atomic E-state index is 10.7. The summed E-state index contributed by atoms with van der Waals surface area (Å²) >= 11 is 0. The molecule has 3 heteroatoms. The summed E-state index contributed by atoms with van der Waals surface area (Å²) in [6, 6.07) is 0.790. The Kier molecular flexibility index (Phi) is 5.04. The Balaban J connectivity index is 1.71. The van der Waals surface area contributed by atoms with Crippen LogP contribution in [0.3, 0.4) is 0 Å². The first-order valence-corrected chi connectivity index (χ1v) is 7.65. The summed E-state index contributed by atoms with van der Waals surface area (Å²) in [4.78, 5) is 13.3. The second-order valence-electron chi connectivity index (χ2n) is 6.16. The van der Waals surface area contributed by atoms with E-state index in [1.165, 1.54) is 32.1 Å². The van der Waals surface area contributed by atoms with Crippen molar-refractivity contribution in [3.8, 4) is 0 Å². The van der Waals surface area contributed by atoms with Gasteiger partial charge in [0.2, 0.25) is 0 Å². The third-order valence-electron chi connectivity index (χ3n) is 5.02. The fraction of sp³-hybridized carbons (Fsp3) is 0.933. The normalized spacial score (nSPS) is 31.4. The van der Waals surface area contributed by atoms with E-state index in [0.717, 1.165) is 37.9 Å². The average Bonchev–Trinajstić information content (AvgIpc) is 2.39. The molecule has 104 valence electrons. The van der Waals surface area contributed by atoms with Gasteiger partial charge in [-0.25, -0.2) is 0 Å². The molecule has 2 fully saturated rings. The maximum Gasteiger partial charge on any atom is 0.303 e. The van der Waals surface area contributed by atoms with Gasteiger partial charge < -0.3 is 10.0 Å². The van der Waals surface area contributed by atoms with E-state index in [-0.39, 0.29) is 0 Å². The second kappa shape index (κ2) is 6.55. The molecular weight excluding hydrogens is 226 g/mol. The van der Waals surface area contributed by atoms with Crippen LogP contribution in [0.4, 0.5) is 0 Å². The molecule has 0 bridgehead atoms.